The summed E-state index contributed by atoms with van der Waals surface area (Å²) >= 11 is 0. The lowest BCUT2D eigenvalue weighted by molar-refractivity contribution is 0.332. The molecule has 382 valence electrons. The van der Waals surface area contributed by atoms with Crippen LogP contribution in [-0.4, -0.2) is 6.85 Å². The van der Waals surface area contributed by atoms with Crippen LogP contribution in [0.5, 0.6) is 0 Å². The van der Waals surface area contributed by atoms with Crippen molar-refractivity contribution in [2.75, 3.05) is 9.71 Å². The van der Waals surface area contributed by atoms with Gasteiger partial charge in [-0.25, -0.2) is 0 Å². The molecule has 13 rings (SSSR count). The highest BCUT2D eigenvalue weighted by molar-refractivity contribution is 6.93. The molecule has 2 heterocycles. The first-order valence-corrected chi connectivity index (χ1v) is 28.8. The Morgan fingerprint density at radius 3 is 1.49 bits per heavy atom. The maximum Gasteiger partial charge on any atom is 0.333 e. The molecule has 4 aliphatic carbocycles. The summed E-state index contributed by atoms with van der Waals surface area (Å²) in [7, 11) is 0. The van der Waals surface area contributed by atoms with Crippen LogP contribution in [0.25, 0.3) is 33.4 Å². The van der Waals surface area contributed by atoms with Gasteiger partial charge in [0, 0.05) is 39.4 Å². The SMILES string of the molecule is Cc1cc2c(cc1N1c3cc4c(cc3B3c5c(cc(-c6c(C)cccc6C)cc51)-c1cc5c(cc1N3c1ccc3c(c1)C(C)(C)CCC3(C)C)C(C)(C)CCC5(C)C)-c1ccccc1C4(C)C)C(C)(C)CCC2(C)C. The van der Waals surface area contributed by atoms with E-state index in [1.807, 2.05) is 0 Å². The predicted octanol–water partition coefficient (Wildman–Crippen LogP) is 18.3. The monoisotopic (exact) mass is 985 g/mol. The Morgan fingerprint density at radius 1 is 0.360 bits per heavy atom. The maximum absolute atomic E-state index is 2.86. The Hall–Kier alpha value is -5.80. The smallest absolute Gasteiger partial charge is 0.333 e. The minimum absolute atomic E-state index is 0.0304. The van der Waals surface area contributed by atoms with Crippen molar-refractivity contribution in [1.82, 2.24) is 0 Å². The van der Waals surface area contributed by atoms with E-state index < -0.39 is 0 Å². The van der Waals surface area contributed by atoms with Gasteiger partial charge >= 0.3 is 6.85 Å². The summed E-state index contributed by atoms with van der Waals surface area (Å²) in [5.41, 5.74) is 33.5. The Morgan fingerprint density at radius 2 is 0.880 bits per heavy atom. The highest BCUT2D eigenvalue weighted by Crippen LogP contribution is 2.58. The summed E-state index contributed by atoms with van der Waals surface area (Å²) in [4.78, 5) is 5.64. The Labute approximate surface area is 451 Å². The molecule has 7 aromatic carbocycles. The second kappa shape index (κ2) is 15.4. The van der Waals surface area contributed by atoms with E-state index in [1.165, 1.54) is 172 Å². The van der Waals surface area contributed by atoms with Gasteiger partial charge in [0.25, 0.3) is 0 Å². The quantitative estimate of drug-likeness (QED) is 0.163. The van der Waals surface area contributed by atoms with Crippen LogP contribution in [0.1, 0.15) is 197 Å². The van der Waals surface area contributed by atoms with Crippen LogP contribution < -0.4 is 20.6 Å². The number of rotatable bonds is 3. The number of fused-ring (bicyclic) bond motifs is 10. The molecule has 0 unspecified atom stereocenters. The van der Waals surface area contributed by atoms with Crippen molar-refractivity contribution in [2.45, 2.75) is 194 Å². The van der Waals surface area contributed by atoms with Crippen LogP contribution in [-0.2, 0) is 37.9 Å². The van der Waals surface area contributed by atoms with Crippen LogP contribution in [0.2, 0.25) is 0 Å². The van der Waals surface area contributed by atoms with Gasteiger partial charge in [0.2, 0.25) is 0 Å². The lowest BCUT2D eigenvalue weighted by Gasteiger charge is -2.49. The Bertz CT molecular complexity index is 3620. The maximum atomic E-state index is 2.86. The molecule has 0 N–H and O–H groups in total. The first-order valence-electron chi connectivity index (χ1n) is 28.8. The highest BCUT2D eigenvalue weighted by atomic mass is 15.2. The van der Waals surface area contributed by atoms with Gasteiger partial charge < -0.3 is 9.71 Å². The van der Waals surface area contributed by atoms with Crippen molar-refractivity contribution in [1.29, 1.82) is 0 Å². The number of aryl methyl sites for hydroxylation is 3. The third kappa shape index (κ3) is 6.83. The number of nitrogens with zero attached hydrogens (tertiary/aromatic N) is 2. The zero-order valence-corrected chi connectivity index (χ0v) is 48.6. The molecule has 0 radical (unpaired) electrons. The van der Waals surface area contributed by atoms with Gasteiger partial charge in [0.05, 0.1) is 0 Å². The fourth-order valence-corrected chi connectivity index (χ4v) is 15.8. The summed E-state index contributed by atoms with van der Waals surface area (Å²) < 4.78 is 0. The molecular weight excluding hydrogens is 904 g/mol. The molecule has 0 saturated carbocycles. The van der Waals surface area contributed by atoms with Crippen molar-refractivity contribution < 1.29 is 0 Å². The Kier molecular flexibility index (Phi) is 10.1. The van der Waals surface area contributed by atoms with Gasteiger partial charge in [-0.1, -0.05) is 158 Å². The van der Waals surface area contributed by atoms with Gasteiger partial charge in [0.1, 0.15) is 0 Å². The summed E-state index contributed by atoms with van der Waals surface area (Å²) in [5, 5.41) is 0. The second-order valence-electron chi connectivity index (χ2n) is 29.1. The normalized spacial score (nSPS) is 20.7. The minimum Gasteiger partial charge on any atom is -0.376 e. The number of hydrogen-bond acceptors (Lipinski definition) is 2. The average molecular weight is 985 g/mol. The van der Waals surface area contributed by atoms with Crippen molar-refractivity contribution in [3.05, 3.63) is 170 Å². The molecule has 0 fully saturated rings. The van der Waals surface area contributed by atoms with Gasteiger partial charge in [-0.3, -0.25) is 0 Å². The van der Waals surface area contributed by atoms with E-state index in [4.69, 9.17) is 0 Å². The number of hydrogen-bond donors (Lipinski definition) is 0. The number of benzene rings is 7. The zero-order chi connectivity index (χ0) is 53.1. The summed E-state index contributed by atoms with van der Waals surface area (Å²) in [5.74, 6) is 0. The van der Waals surface area contributed by atoms with Crippen molar-refractivity contribution in [2.24, 2.45) is 0 Å². The van der Waals surface area contributed by atoms with Crippen molar-refractivity contribution in [3.8, 4) is 33.4 Å². The van der Waals surface area contributed by atoms with Crippen LogP contribution in [0.3, 0.4) is 0 Å². The van der Waals surface area contributed by atoms with Gasteiger partial charge in [-0.2, -0.15) is 0 Å². The predicted molar refractivity (Wildman–Crippen MR) is 323 cm³/mol. The molecule has 75 heavy (non-hydrogen) atoms. The first-order chi connectivity index (χ1) is 35.1. The van der Waals surface area contributed by atoms with Gasteiger partial charge in [0.15, 0.2) is 0 Å². The molecule has 6 aliphatic rings. The van der Waals surface area contributed by atoms with E-state index in [2.05, 4.69) is 237 Å². The lowest BCUT2D eigenvalue weighted by atomic mass is 9.42. The van der Waals surface area contributed by atoms with E-state index in [1.54, 1.807) is 0 Å². The molecular formula is C72H81BN2. The second-order valence-corrected chi connectivity index (χ2v) is 29.1. The van der Waals surface area contributed by atoms with Crippen LogP contribution in [0, 0.1) is 20.8 Å². The van der Waals surface area contributed by atoms with Crippen molar-refractivity contribution in [3.63, 3.8) is 0 Å². The molecule has 0 amide bonds. The molecule has 7 aromatic rings. The third-order valence-electron chi connectivity index (χ3n) is 21.0. The molecule has 0 bridgehead atoms. The van der Waals surface area contributed by atoms with E-state index in [9.17, 15) is 0 Å². The van der Waals surface area contributed by atoms with E-state index in [0.29, 0.717) is 0 Å². The highest BCUT2D eigenvalue weighted by Gasteiger charge is 2.51. The standard InChI is InChI=1S/C72H81BN2/c1-42-21-20-22-43(2)64(42)45-34-50-49-37-56-58(71(14,15)32-30-69(56,10)11)41-61(49)75(46-25-26-52-55(36-46)68(8,9)28-27-66(52,4)5)73-59-38-48-47-23-18-19-24-51(47)72(16,17)53(48)39-62(59)74(63(35-45)65(50)73)60-40-57-54(33-44(60)3)67(6,7)29-31-70(57,12)13/h18-26,33-41H,27-32H2,1-17H3. The van der Waals surface area contributed by atoms with Crippen LogP contribution in [0.15, 0.2) is 109 Å². The van der Waals surface area contributed by atoms with E-state index in [-0.39, 0.29) is 44.8 Å². The molecule has 0 spiro atoms. The molecule has 2 nitrogen and oxygen atoms in total. The lowest BCUT2D eigenvalue weighted by Crippen LogP contribution is -2.62. The topological polar surface area (TPSA) is 6.48 Å². The summed E-state index contributed by atoms with van der Waals surface area (Å²) in [6.07, 6.45) is 7.07. The third-order valence-corrected chi connectivity index (χ3v) is 21.0. The Balaban J connectivity index is 1.22. The van der Waals surface area contributed by atoms with Crippen LogP contribution >= 0.6 is 0 Å². The molecule has 2 aliphatic heterocycles. The summed E-state index contributed by atoms with van der Waals surface area (Å²) in [6, 6.07) is 45.1. The molecule has 0 atom stereocenters. The fraction of sp³-hybridized carbons (Fsp3) is 0.417. The average Bonchev–Trinajstić information content (AvgIpc) is 3.63. The molecule has 3 heteroatoms. The largest absolute Gasteiger partial charge is 0.376 e. The fourth-order valence-electron chi connectivity index (χ4n) is 15.8. The van der Waals surface area contributed by atoms with Gasteiger partial charge in [-0.15, -0.1) is 0 Å². The van der Waals surface area contributed by atoms with E-state index >= 15 is 0 Å². The van der Waals surface area contributed by atoms with Crippen molar-refractivity contribution >= 4 is 46.2 Å². The molecule has 0 aromatic heterocycles. The number of anilines is 5. The van der Waals surface area contributed by atoms with E-state index in [0.717, 1.165) is 0 Å². The summed E-state index contributed by atoms with van der Waals surface area (Å²) in [6.45, 7) is 41.8. The van der Waals surface area contributed by atoms with Gasteiger partial charge in [-0.05, 0) is 240 Å². The zero-order valence-electron chi connectivity index (χ0n) is 48.6. The molecule has 0 saturated heterocycles. The van der Waals surface area contributed by atoms with Crippen LogP contribution in [0.4, 0.5) is 28.4 Å². The minimum atomic E-state index is -0.178. The first kappa shape index (κ1) is 48.8.